The second kappa shape index (κ2) is 8.49. The van der Waals surface area contributed by atoms with E-state index >= 15 is 0 Å². The summed E-state index contributed by atoms with van der Waals surface area (Å²) in [4.78, 5) is 23.8. The maximum atomic E-state index is 13.8. The largest absolute Gasteiger partial charge is 0.466 e. The van der Waals surface area contributed by atoms with Gasteiger partial charge in [0.05, 0.1) is 42.1 Å². The molecule has 10 heteroatoms. The van der Waals surface area contributed by atoms with Crippen LogP contribution in [0.5, 0.6) is 0 Å². The van der Waals surface area contributed by atoms with Crippen LogP contribution in [0.3, 0.4) is 0 Å². The van der Waals surface area contributed by atoms with Crippen LogP contribution in [-0.4, -0.2) is 31.2 Å². The predicted molar refractivity (Wildman–Crippen MR) is 105 cm³/mol. The number of esters is 1. The number of nitrogens with one attached hydrogen (secondary N) is 1. The summed E-state index contributed by atoms with van der Waals surface area (Å²) in [6.07, 6.45) is 1.36. The molecule has 1 unspecified atom stereocenters. The second-order valence-electron chi connectivity index (χ2n) is 6.79. The average Bonchev–Trinajstić information content (AvgIpc) is 2.91. The number of ether oxygens (including phenoxy) is 1. The van der Waals surface area contributed by atoms with E-state index < -0.39 is 24.4 Å². The summed E-state index contributed by atoms with van der Waals surface area (Å²) in [5, 5.41) is 14.9. The first kappa shape index (κ1) is 21.2. The number of nitro groups is 1. The Hall–Kier alpha value is -2.48. The van der Waals surface area contributed by atoms with Crippen molar-refractivity contribution in [3.8, 4) is 0 Å². The van der Waals surface area contributed by atoms with E-state index in [1.807, 2.05) is 0 Å². The summed E-state index contributed by atoms with van der Waals surface area (Å²) in [6.45, 7) is 3.81. The third-order valence-electron chi connectivity index (χ3n) is 4.93. The predicted octanol–water partition coefficient (Wildman–Crippen LogP) is 3.98. The Labute approximate surface area is 168 Å². The molecule has 1 N–H and O–H groups in total. The molecule has 3 rings (SSSR count). The summed E-state index contributed by atoms with van der Waals surface area (Å²) < 4.78 is 30.0. The zero-order chi connectivity index (χ0) is 21.2. The zero-order valence-electron chi connectivity index (χ0n) is 16.5. The lowest BCUT2D eigenvalue weighted by molar-refractivity contribution is -0.385. The smallest absolute Gasteiger partial charge is 0.360 e. The van der Waals surface area contributed by atoms with E-state index in [-0.39, 0.29) is 35.4 Å². The number of nitrogens with zero attached hydrogens (tertiary/aromatic N) is 1. The zero-order valence-corrected chi connectivity index (χ0v) is 17.4. The number of carbonyl (C=O) groups excluding carboxylic acids is 1. The maximum Gasteiger partial charge on any atom is 0.360 e. The van der Waals surface area contributed by atoms with E-state index in [4.69, 9.17) is 13.8 Å². The molecule has 29 heavy (non-hydrogen) atoms. The molecule has 1 saturated heterocycles. The SMILES string of the molecule is COC(=O)C1=C(C)NC(C)=C(P2(=O)OCCCCO2)C1c1ccccc1[N+](=O)[O-]. The van der Waals surface area contributed by atoms with Crippen LogP contribution in [0.25, 0.3) is 0 Å². The number of para-hydroxylation sites is 1. The highest BCUT2D eigenvalue weighted by Crippen LogP contribution is 2.65. The number of hydrogen-bond acceptors (Lipinski definition) is 8. The molecule has 0 spiro atoms. The molecule has 2 heterocycles. The molecule has 2 aliphatic heterocycles. The quantitative estimate of drug-likeness (QED) is 0.335. The first-order valence-electron chi connectivity index (χ1n) is 9.20. The van der Waals surface area contributed by atoms with Gasteiger partial charge in [-0.3, -0.25) is 14.7 Å². The van der Waals surface area contributed by atoms with Crippen molar-refractivity contribution in [3.05, 3.63) is 62.2 Å². The summed E-state index contributed by atoms with van der Waals surface area (Å²) in [5.74, 6) is -1.68. The Morgan fingerprint density at radius 3 is 2.41 bits per heavy atom. The lowest BCUT2D eigenvalue weighted by atomic mass is 9.85. The van der Waals surface area contributed by atoms with Gasteiger partial charge in [0.2, 0.25) is 0 Å². The van der Waals surface area contributed by atoms with Gasteiger partial charge in [-0.05, 0) is 26.7 Å². The number of methoxy groups -OCH3 is 1. The average molecular weight is 422 g/mol. The molecule has 0 aliphatic carbocycles. The number of nitro benzene ring substituents is 1. The molecule has 156 valence electrons. The van der Waals surface area contributed by atoms with Crippen LogP contribution in [0.1, 0.15) is 38.2 Å². The Morgan fingerprint density at radius 1 is 1.21 bits per heavy atom. The van der Waals surface area contributed by atoms with Crippen molar-refractivity contribution >= 4 is 19.3 Å². The van der Waals surface area contributed by atoms with Gasteiger partial charge >= 0.3 is 13.6 Å². The molecule has 9 nitrogen and oxygen atoms in total. The van der Waals surface area contributed by atoms with Gasteiger partial charge in [-0.25, -0.2) is 4.79 Å². The van der Waals surface area contributed by atoms with E-state index in [0.29, 0.717) is 24.2 Å². The normalized spacial score (nSPS) is 22.0. The lowest BCUT2D eigenvalue weighted by Crippen LogP contribution is -2.29. The standard InChI is InChI=1S/C19H23N2O7P/c1-12-16(19(22)26-3)17(14-8-4-5-9-15(14)21(23)24)18(13(2)20-12)29(25)27-10-6-7-11-28-29/h4-5,8-9,17,20H,6-7,10-11H2,1-3H3. The van der Waals surface area contributed by atoms with Crippen LogP contribution >= 0.6 is 7.60 Å². The summed E-state index contributed by atoms with van der Waals surface area (Å²) in [6, 6.07) is 6.06. The third kappa shape index (κ3) is 3.99. The fourth-order valence-electron chi connectivity index (χ4n) is 3.68. The highest BCUT2D eigenvalue weighted by Gasteiger charge is 2.46. The van der Waals surface area contributed by atoms with Crippen LogP contribution in [0.2, 0.25) is 0 Å². The molecule has 1 fully saturated rings. The van der Waals surface area contributed by atoms with Crippen molar-refractivity contribution in [3.63, 3.8) is 0 Å². The first-order valence-corrected chi connectivity index (χ1v) is 10.7. The summed E-state index contributed by atoms with van der Waals surface area (Å²) in [7, 11) is -2.59. The van der Waals surface area contributed by atoms with E-state index in [1.165, 1.54) is 19.2 Å². The van der Waals surface area contributed by atoms with Crippen LogP contribution < -0.4 is 5.32 Å². The molecule has 0 radical (unpaired) electrons. The fourth-order valence-corrected chi connectivity index (χ4v) is 5.82. The van der Waals surface area contributed by atoms with Crippen molar-refractivity contribution in [2.45, 2.75) is 32.6 Å². The first-order chi connectivity index (χ1) is 13.8. The lowest BCUT2D eigenvalue weighted by Gasteiger charge is -2.33. The number of carbonyl (C=O) groups is 1. The van der Waals surface area contributed by atoms with Gasteiger partial charge in [0.1, 0.15) is 0 Å². The number of rotatable bonds is 4. The molecular weight excluding hydrogens is 399 g/mol. The van der Waals surface area contributed by atoms with E-state index in [1.54, 1.807) is 26.0 Å². The molecule has 1 atom stereocenters. The molecule has 0 amide bonds. The highest BCUT2D eigenvalue weighted by atomic mass is 31.2. The van der Waals surface area contributed by atoms with E-state index in [9.17, 15) is 19.5 Å². The van der Waals surface area contributed by atoms with Crippen molar-refractivity contribution in [2.24, 2.45) is 0 Å². The molecule has 0 aromatic heterocycles. The summed E-state index contributed by atoms with van der Waals surface area (Å²) in [5.41, 5.74) is 1.10. The molecule has 2 aliphatic rings. The minimum atomic E-state index is -3.82. The van der Waals surface area contributed by atoms with Crippen molar-refractivity contribution in [1.82, 2.24) is 5.32 Å². The van der Waals surface area contributed by atoms with Gasteiger partial charge in [-0.15, -0.1) is 0 Å². The van der Waals surface area contributed by atoms with Gasteiger partial charge in [0, 0.05) is 23.0 Å². The van der Waals surface area contributed by atoms with E-state index in [2.05, 4.69) is 5.32 Å². The summed E-state index contributed by atoms with van der Waals surface area (Å²) >= 11 is 0. The molecular formula is C19H23N2O7P. The molecule has 1 aromatic carbocycles. The van der Waals surface area contributed by atoms with Crippen LogP contribution in [-0.2, 0) is 23.1 Å². The van der Waals surface area contributed by atoms with Gasteiger partial charge in [-0.1, -0.05) is 18.2 Å². The minimum absolute atomic E-state index is 0.133. The van der Waals surface area contributed by atoms with Gasteiger partial charge in [-0.2, -0.15) is 0 Å². The third-order valence-corrected chi connectivity index (χ3v) is 7.16. The van der Waals surface area contributed by atoms with Crippen molar-refractivity contribution < 1.29 is 28.1 Å². The van der Waals surface area contributed by atoms with Crippen LogP contribution in [0.4, 0.5) is 5.69 Å². The van der Waals surface area contributed by atoms with Gasteiger partial charge in [0.25, 0.3) is 5.69 Å². The van der Waals surface area contributed by atoms with Crippen LogP contribution in [0.15, 0.2) is 46.5 Å². The molecule has 0 bridgehead atoms. The second-order valence-corrected chi connectivity index (χ2v) is 8.78. The van der Waals surface area contributed by atoms with E-state index in [0.717, 1.165) is 0 Å². The van der Waals surface area contributed by atoms with Crippen molar-refractivity contribution in [1.29, 1.82) is 0 Å². The number of dihydropyridines is 1. The van der Waals surface area contributed by atoms with Gasteiger partial charge in [0.15, 0.2) is 0 Å². The van der Waals surface area contributed by atoms with Gasteiger partial charge < -0.3 is 19.1 Å². The highest BCUT2D eigenvalue weighted by molar-refractivity contribution is 7.58. The molecule has 1 aromatic rings. The Morgan fingerprint density at radius 2 is 1.83 bits per heavy atom. The monoisotopic (exact) mass is 422 g/mol. The number of benzene rings is 1. The minimum Gasteiger partial charge on any atom is -0.466 e. The fraction of sp³-hybridized carbons (Fsp3) is 0.421. The Bertz CT molecular complexity index is 942. The molecule has 0 saturated carbocycles. The maximum absolute atomic E-state index is 13.8. The number of hydrogen-bond donors (Lipinski definition) is 1. The topological polar surface area (TPSA) is 117 Å². The van der Waals surface area contributed by atoms with Crippen LogP contribution in [0, 0.1) is 10.1 Å². The Kier molecular flexibility index (Phi) is 6.21. The van der Waals surface area contributed by atoms with Crippen molar-refractivity contribution in [2.75, 3.05) is 20.3 Å². The Balaban J connectivity index is 2.28. The number of allylic oxidation sites excluding steroid dienone is 3.